The summed E-state index contributed by atoms with van der Waals surface area (Å²) in [6, 6.07) is 4.33. The highest BCUT2D eigenvalue weighted by Crippen LogP contribution is 2.30. The fourth-order valence-corrected chi connectivity index (χ4v) is 3.48. The van der Waals surface area contributed by atoms with Gasteiger partial charge in [0.25, 0.3) is 5.56 Å². The van der Waals surface area contributed by atoms with Crippen molar-refractivity contribution in [2.45, 2.75) is 33.4 Å². The molecular formula is C18H17F3N4O2S. The molecule has 1 amide bonds. The van der Waals surface area contributed by atoms with Gasteiger partial charge in [-0.1, -0.05) is 17.4 Å². The van der Waals surface area contributed by atoms with Crippen LogP contribution in [0.25, 0.3) is 5.13 Å². The largest absolute Gasteiger partial charge is 0.416 e. The zero-order valence-electron chi connectivity index (χ0n) is 15.3. The van der Waals surface area contributed by atoms with Crippen molar-refractivity contribution in [2.24, 2.45) is 0 Å². The third-order valence-electron chi connectivity index (χ3n) is 4.21. The molecule has 2 aromatic heterocycles. The number of carbonyl (C=O) groups is 1. The van der Waals surface area contributed by atoms with Crippen LogP contribution in [0.15, 0.2) is 29.1 Å². The van der Waals surface area contributed by atoms with E-state index in [4.69, 9.17) is 0 Å². The van der Waals surface area contributed by atoms with Gasteiger partial charge in [0.05, 0.1) is 17.7 Å². The van der Waals surface area contributed by atoms with E-state index in [1.165, 1.54) is 28.2 Å². The van der Waals surface area contributed by atoms with Gasteiger partial charge in [-0.25, -0.2) is 4.98 Å². The number of amides is 1. The average molecular weight is 410 g/mol. The molecule has 2 heterocycles. The molecule has 0 unspecified atom stereocenters. The Hall–Kier alpha value is -2.88. The van der Waals surface area contributed by atoms with Crippen LogP contribution < -0.4 is 10.9 Å². The second-order valence-electron chi connectivity index (χ2n) is 6.30. The third kappa shape index (κ3) is 4.01. The molecule has 3 aromatic rings. The number of hydrogen-bond donors (Lipinski definition) is 2. The summed E-state index contributed by atoms with van der Waals surface area (Å²) in [5, 5.41) is 5.76. The monoisotopic (exact) mass is 410 g/mol. The number of carbonyl (C=O) groups excluding carboxylic acids is 1. The zero-order valence-corrected chi connectivity index (χ0v) is 16.1. The minimum absolute atomic E-state index is 0.0134. The number of alkyl halides is 3. The van der Waals surface area contributed by atoms with Crippen LogP contribution in [0.3, 0.4) is 0 Å². The van der Waals surface area contributed by atoms with Gasteiger partial charge in [-0.3, -0.25) is 14.7 Å². The molecule has 2 N–H and O–H groups in total. The number of nitrogens with one attached hydrogen (secondary N) is 2. The van der Waals surface area contributed by atoms with E-state index >= 15 is 0 Å². The van der Waals surface area contributed by atoms with Gasteiger partial charge in [0.1, 0.15) is 0 Å². The van der Waals surface area contributed by atoms with Crippen molar-refractivity contribution >= 4 is 22.9 Å². The van der Waals surface area contributed by atoms with Crippen LogP contribution in [0.4, 0.5) is 18.9 Å². The van der Waals surface area contributed by atoms with Crippen molar-refractivity contribution in [1.29, 1.82) is 0 Å². The van der Waals surface area contributed by atoms with Crippen molar-refractivity contribution < 1.29 is 18.0 Å². The molecule has 0 spiro atoms. The maximum absolute atomic E-state index is 12.8. The summed E-state index contributed by atoms with van der Waals surface area (Å²) < 4.78 is 39.6. The molecule has 0 bridgehead atoms. The number of hydrogen-bond acceptors (Lipinski definition) is 4. The molecule has 0 radical (unpaired) electrons. The van der Waals surface area contributed by atoms with Crippen LogP contribution in [0.2, 0.25) is 0 Å². The van der Waals surface area contributed by atoms with Gasteiger partial charge in [-0.15, -0.1) is 0 Å². The van der Waals surface area contributed by atoms with Gasteiger partial charge in [0.15, 0.2) is 0 Å². The Morgan fingerprint density at radius 2 is 2.00 bits per heavy atom. The lowest BCUT2D eigenvalue weighted by Gasteiger charge is -2.09. The number of anilines is 1. The Morgan fingerprint density at radius 1 is 1.29 bits per heavy atom. The van der Waals surface area contributed by atoms with Gasteiger partial charge < -0.3 is 5.32 Å². The van der Waals surface area contributed by atoms with Crippen molar-refractivity contribution in [3.63, 3.8) is 0 Å². The Labute approximate surface area is 162 Å². The second kappa shape index (κ2) is 7.27. The summed E-state index contributed by atoms with van der Waals surface area (Å²) in [5.74, 6) is -0.586. The van der Waals surface area contributed by atoms with Crippen LogP contribution in [-0.4, -0.2) is 20.7 Å². The first-order chi connectivity index (χ1) is 13.1. The quantitative estimate of drug-likeness (QED) is 0.688. The normalized spacial score (nSPS) is 11.6. The summed E-state index contributed by atoms with van der Waals surface area (Å²) >= 11 is 1.34. The van der Waals surface area contributed by atoms with Gasteiger partial charge >= 0.3 is 6.18 Å². The van der Waals surface area contributed by atoms with Crippen molar-refractivity contribution in [3.05, 3.63) is 62.0 Å². The number of nitrogens with zero attached hydrogens (tertiary/aromatic N) is 2. The van der Waals surface area contributed by atoms with E-state index in [1.54, 1.807) is 6.92 Å². The average Bonchev–Trinajstić information content (AvgIpc) is 3.08. The van der Waals surface area contributed by atoms with Crippen LogP contribution in [0.1, 0.15) is 27.4 Å². The van der Waals surface area contributed by atoms with Crippen molar-refractivity contribution in [2.75, 3.05) is 5.32 Å². The number of aryl methyl sites for hydroxylation is 3. The van der Waals surface area contributed by atoms with Gasteiger partial charge in [-0.2, -0.15) is 17.9 Å². The molecule has 0 aliphatic rings. The Kier molecular flexibility index (Phi) is 5.16. The SMILES string of the molecule is Cc1nc(-n2[nH]c(C)c(CC(=O)Nc3cccc(C(F)(F)F)c3)c2=O)sc1C. The number of thiazole rings is 1. The molecule has 1 aromatic carbocycles. The lowest BCUT2D eigenvalue weighted by molar-refractivity contribution is -0.137. The highest BCUT2D eigenvalue weighted by Gasteiger charge is 2.30. The summed E-state index contributed by atoms with van der Waals surface area (Å²) in [7, 11) is 0. The predicted octanol–water partition coefficient (Wildman–Crippen LogP) is 3.75. The first kappa shape index (κ1) is 19.9. The molecule has 3 rings (SSSR count). The summed E-state index contributed by atoms with van der Waals surface area (Å²) in [6.45, 7) is 5.37. The maximum Gasteiger partial charge on any atom is 0.416 e. The molecule has 6 nitrogen and oxygen atoms in total. The number of H-pyrrole nitrogens is 1. The van der Waals surface area contributed by atoms with E-state index in [-0.39, 0.29) is 17.7 Å². The minimum Gasteiger partial charge on any atom is -0.326 e. The van der Waals surface area contributed by atoms with E-state index in [0.29, 0.717) is 10.8 Å². The lowest BCUT2D eigenvalue weighted by atomic mass is 10.1. The number of benzene rings is 1. The van der Waals surface area contributed by atoms with Crippen LogP contribution in [-0.2, 0) is 17.4 Å². The second-order valence-corrected chi connectivity index (χ2v) is 7.48. The Morgan fingerprint density at radius 3 is 2.61 bits per heavy atom. The third-order valence-corrected chi connectivity index (χ3v) is 5.27. The zero-order chi connectivity index (χ0) is 20.6. The Balaban J connectivity index is 1.81. The number of aromatic amines is 1. The predicted molar refractivity (Wildman–Crippen MR) is 100 cm³/mol. The fraction of sp³-hybridized carbons (Fsp3) is 0.278. The van der Waals surface area contributed by atoms with Gasteiger partial charge in [0, 0.05) is 21.8 Å². The minimum atomic E-state index is -4.50. The molecule has 0 aliphatic heterocycles. The molecule has 0 fully saturated rings. The molecule has 0 aliphatic carbocycles. The van der Waals surface area contributed by atoms with E-state index in [1.807, 2.05) is 13.8 Å². The van der Waals surface area contributed by atoms with Crippen molar-refractivity contribution in [1.82, 2.24) is 14.8 Å². The van der Waals surface area contributed by atoms with Crippen molar-refractivity contribution in [3.8, 4) is 5.13 Å². The highest BCUT2D eigenvalue weighted by molar-refractivity contribution is 7.14. The molecule has 0 saturated carbocycles. The smallest absolute Gasteiger partial charge is 0.326 e. The molecule has 0 atom stereocenters. The first-order valence-electron chi connectivity index (χ1n) is 8.28. The Bertz CT molecular complexity index is 1080. The number of aromatic nitrogens is 3. The van der Waals surface area contributed by atoms with Crippen LogP contribution in [0, 0.1) is 20.8 Å². The number of rotatable bonds is 4. The van der Waals surface area contributed by atoms with Crippen LogP contribution >= 0.6 is 11.3 Å². The van der Waals surface area contributed by atoms with E-state index in [9.17, 15) is 22.8 Å². The molecule has 148 valence electrons. The summed E-state index contributed by atoms with van der Waals surface area (Å²) in [4.78, 5) is 30.2. The molecule has 10 heteroatoms. The fourth-order valence-electron chi connectivity index (χ4n) is 2.61. The standard InChI is InChI=1S/C18H17F3N4O2S/c1-9-11(3)28-17(22-9)25-16(27)14(10(2)24-25)8-15(26)23-13-6-4-5-12(7-13)18(19,20)21/h4-7,24H,8H2,1-3H3,(H,23,26). The lowest BCUT2D eigenvalue weighted by Crippen LogP contribution is -2.22. The molecule has 28 heavy (non-hydrogen) atoms. The summed E-state index contributed by atoms with van der Waals surface area (Å²) in [6.07, 6.45) is -4.77. The molecule has 0 saturated heterocycles. The van der Waals surface area contributed by atoms with E-state index in [0.717, 1.165) is 22.7 Å². The van der Waals surface area contributed by atoms with Gasteiger partial charge in [0.2, 0.25) is 11.0 Å². The van der Waals surface area contributed by atoms with Crippen LogP contribution in [0.5, 0.6) is 0 Å². The van der Waals surface area contributed by atoms with E-state index in [2.05, 4.69) is 15.4 Å². The number of halogens is 3. The van der Waals surface area contributed by atoms with Gasteiger partial charge in [-0.05, 0) is 39.0 Å². The van der Waals surface area contributed by atoms with E-state index < -0.39 is 23.2 Å². The molecular weight excluding hydrogens is 393 g/mol. The topological polar surface area (TPSA) is 79.8 Å². The first-order valence-corrected chi connectivity index (χ1v) is 9.10. The maximum atomic E-state index is 12.8. The highest BCUT2D eigenvalue weighted by atomic mass is 32.1. The summed E-state index contributed by atoms with van der Waals surface area (Å²) in [5.41, 5.74) is 0.276.